The number of rotatable bonds is 2. The number of nitrogen functional groups attached to an aromatic ring is 1. The second kappa shape index (κ2) is 3.17. The average Bonchev–Trinajstić information content (AvgIpc) is 2.44. The van der Waals surface area contributed by atoms with Gasteiger partial charge in [0.25, 0.3) is 5.56 Å². The third kappa shape index (κ3) is 1.26. The summed E-state index contributed by atoms with van der Waals surface area (Å²) in [6, 6.07) is 1.65. The Bertz CT molecular complexity index is 511. The van der Waals surface area contributed by atoms with Gasteiger partial charge < -0.3 is 5.73 Å². The molecule has 0 saturated carbocycles. The van der Waals surface area contributed by atoms with E-state index in [4.69, 9.17) is 5.73 Å². The zero-order valence-electron chi connectivity index (χ0n) is 7.95. The van der Waals surface area contributed by atoms with E-state index in [0.717, 1.165) is 13.0 Å². The Hall–Kier alpha value is -1.78. The number of aromatic nitrogens is 3. The van der Waals surface area contributed by atoms with Crippen LogP contribution in [0.4, 0.5) is 5.69 Å². The molecule has 0 fully saturated rings. The van der Waals surface area contributed by atoms with Crippen molar-refractivity contribution in [2.45, 2.75) is 19.9 Å². The van der Waals surface area contributed by atoms with E-state index in [1.807, 2.05) is 6.92 Å². The van der Waals surface area contributed by atoms with Crippen molar-refractivity contribution in [3.63, 3.8) is 0 Å². The van der Waals surface area contributed by atoms with Crippen LogP contribution in [0, 0.1) is 0 Å². The molecule has 0 spiro atoms. The average molecular weight is 192 g/mol. The Labute approximate surface area is 80.5 Å². The molecule has 0 aliphatic heterocycles. The molecule has 0 aromatic carbocycles. The van der Waals surface area contributed by atoms with Crippen LogP contribution in [0.3, 0.4) is 0 Å². The number of nitrogens with one attached hydrogen (secondary N) is 1. The first-order valence-corrected chi connectivity index (χ1v) is 4.56. The Morgan fingerprint density at radius 1 is 1.64 bits per heavy atom. The first-order valence-electron chi connectivity index (χ1n) is 4.56. The molecule has 0 atom stereocenters. The van der Waals surface area contributed by atoms with Gasteiger partial charge in [-0.1, -0.05) is 6.92 Å². The minimum absolute atomic E-state index is 0.131. The molecular weight excluding hydrogens is 180 g/mol. The lowest BCUT2D eigenvalue weighted by atomic mass is 10.3. The Balaban J connectivity index is 2.71. The maximum atomic E-state index is 11.5. The molecule has 0 radical (unpaired) electrons. The lowest BCUT2D eigenvalue weighted by molar-refractivity contribution is 0.612. The van der Waals surface area contributed by atoms with E-state index < -0.39 is 0 Å². The van der Waals surface area contributed by atoms with Gasteiger partial charge in [0, 0.05) is 6.54 Å². The summed E-state index contributed by atoms with van der Waals surface area (Å²) in [6.45, 7) is 2.80. The van der Waals surface area contributed by atoms with Gasteiger partial charge >= 0.3 is 0 Å². The van der Waals surface area contributed by atoms with Gasteiger partial charge in [-0.25, -0.2) is 4.98 Å². The number of fused-ring (bicyclic) bond motifs is 1. The molecule has 5 heteroatoms. The lowest BCUT2D eigenvalue weighted by Crippen LogP contribution is -2.05. The zero-order valence-corrected chi connectivity index (χ0v) is 7.95. The van der Waals surface area contributed by atoms with Gasteiger partial charge in [0.2, 0.25) is 0 Å². The predicted octanol–water partition coefficient (Wildman–Crippen LogP) is 0.717. The summed E-state index contributed by atoms with van der Waals surface area (Å²) in [5.74, 6) is 0. The number of anilines is 1. The van der Waals surface area contributed by atoms with Crippen molar-refractivity contribution < 1.29 is 0 Å². The minimum Gasteiger partial charge on any atom is -0.397 e. The number of H-pyrrole nitrogens is 1. The number of aromatic amines is 1. The highest BCUT2D eigenvalue weighted by Gasteiger charge is 2.06. The number of hydrogen-bond donors (Lipinski definition) is 2. The zero-order chi connectivity index (χ0) is 10.1. The van der Waals surface area contributed by atoms with Crippen LogP contribution in [0.15, 0.2) is 17.1 Å². The highest BCUT2D eigenvalue weighted by atomic mass is 16.1. The smallest absolute Gasteiger partial charge is 0.273 e. The molecule has 0 unspecified atom stereocenters. The summed E-state index contributed by atoms with van der Waals surface area (Å²) in [6.07, 6.45) is 2.51. The molecule has 0 bridgehead atoms. The van der Waals surface area contributed by atoms with Crippen molar-refractivity contribution in [2.24, 2.45) is 0 Å². The molecule has 2 aromatic rings. The number of aryl methyl sites for hydroxylation is 1. The normalized spacial score (nSPS) is 10.9. The van der Waals surface area contributed by atoms with E-state index in [2.05, 4.69) is 10.1 Å². The standard InChI is InChI=1S/C9H12N4O/c1-2-3-13-8-7(9(14)12-13)4-6(10)5-11-8/h4-5H,2-3,10H2,1H3,(H,12,14). The van der Waals surface area contributed by atoms with Gasteiger partial charge in [-0.2, -0.15) is 0 Å². The molecule has 74 valence electrons. The van der Waals surface area contributed by atoms with Crippen LogP contribution >= 0.6 is 0 Å². The fourth-order valence-electron chi connectivity index (χ4n) is 1.48. The van der Waals surface area contributed by atoms with Crippen molar-refractivity contribution in [3.8, 4) is 0 Å². The molecule has 2 rings (SSSR count). The van der Waals surface area contributed by atoms with Crippen LogP contribution in [-0.4, -0.2) is 14.8 Å². The molecule has 5 nitrogen and oxygen atoms in total. The van der Waals surface area contributed by atoms with Gasteiger partial charge in [0.1, 0.15) is 0 Å². The summed E-state index contributed by atoms with van der Waals surface area (Å²) >= 11 is 0. The van der Waals surface area contributed by atoms with Crippen molar-refractivity contribution in [1.82, 2.24) is 14.8 Å². The Morgan fingerprint density at radius 3 is 3.14 bits per heavy atom. The third-order valence-corrected chi connectivity index (χ3v) is 2.07. The van der Waals surface area contributed by atoms with Gasteiger partial charge in [0.15, 0.2) is 5.65 Å². The van der Waals surface area contributed by atoms with E-state index >= 15 is 0 Å². The number of nitrogens with zero attached hydrogens (tertiary/aromatic N) is 2. The van der Waals surface area contributed by atoms with Crippen LogP contribution in [-0.2, 0) is 6.54 Å². The highest BCUT2D eigenvalue weighted by Crippen LogP contribution is 2.10. The van der Waals surface area contributed by atoms with E-state index in [0.29, 0.717) is 16.7 Å². The SMILES string of the molecule is CCCn1[nH]c(=O)c2cc(N)cnc21. The second-order valence-electron chi connectivity index (χ2n) is 3.23. The van der Waals surface area contributed by atoms with E-state index in [9.17, 15) is 4.79 Å². The highest BCUT2D eigenvalue weighted by molar-refractivity contribution is 5.77. The summed E-state index contributed by atoms with van der Waals surface area (Å²) in [5.41, 5.74) is 6.60. The maximum Gasteiger partial charge on any atom is 0.273 e. The van der Waals surface area contributed by atoms with Crippen LogP contribution < -0.4 is 11.3 Å². The van der Waals surface area contributed by atoms with Crippen molar-refractivity contribution in [2.75, 3.05) is 5.73 Å². The molecular formula is C9H12N4O. The number of pyridine rings is 1. The molecule has 0 saturated heterocycles. The van der Waals surface area contributed by atoms with Gasteiger partial charge in [0.05, 0.1) is 17.3 Å². The summed E-state index contributed by atoms with van der Waals surface area (Å²) in [7, 11) is 0. The van der Waals surface area contributed by atoms with Crippen molar-refractivity contribution in [1.29, 1.82) is 0 Å². The lowest BCUT2D eigenvalue weighted by Gasteiger charge is -1.99. The molecule has 2 aromatic heterocycles. The number of nitrogens with two attached hydrogens (primary N) is 1. The van der Waals surface area contributed by atoms with Gasteiger partial charge in [-0.3, -0.25) is 14.6 Å². The Morgan fingerprint density at radius 2 is 2.43 bits per heavy atom. The fourth-order valence-corrected chi connectivity index (χ4v) is 1.48. The first-order chi connectivity index (χ1) is 6.72. The van der Waals surface area contributed by atoms with Crippen molar-refractivity contribution >= 4 is 16.7 Å². The fraction of sp³-hybridized carbons (Fsp3) is 0.333. The second-order valence-corrected chi connectivity index (χ2v) is 3.23. The topological polar surface area (TPSA) is 76.7 Å². The molecule has 0 aliphatic carbocycles. The van der Waals surface area contributed by atoms with Gasteiger partial charge in [-0.05, 0) is 12.5 Å². The quantitative estimate of drug-likeness (QED) is 0.735. The molecule has 14 heavy (non-hydrogen) atoms. The Kier molecular flexibility index (Phi) is 1.99. The number of hydrogen-bond acceptors (Lipinski definition) is 3. The largest absolute Gasteiger partial charge is 0.397 e. The monoisotopic (exact) mass is 192 g/mol. The van der Waals surface area contributed by atoms with Crippen LogP contribution in [0.5, 0.6) is 0 Å². The van der Waals surface area contributed by atoms with Crippen molar-refractivity contribution in [3.05, 3.63) is 22.6 Å². The van der Waals surface area contributed by atoms with Crippen LogP contribution in [0.25, 0.3) is 11.0 Å². The van der Waals surface area contributed by atoms with E-state index in [1.54, 1.807) is 16.9 Å². The minimum atomic E-state index is -0.131. The van der Waals surface area contributed by atoms with Gasteiger partial charge in [-0.15, -0.1) is 0 Å². The maximum absolute atomic E-state index is 11.5. The predicted molar refractivity (Wildman–Crippen MR) is 55.1 cm³/mol. The summed E-state index contributed by atoms with van der Waals surface area (Å²) in [4.78, 5) is 15.6. The van der Waals surface area contributed by atoms with E-state index in [-0.39, 0.29) is 5.56 Å². The van der Waals surface area contributed by atoms with E-state index in [1.165, 1.54) is 0 Å². The van der Waals surface area contributed by atoms with Crippen LogP contribution in [0.2, 0.25) is 0 Å². The molecule has 3 N–H and O–H groups in total. The summed E-state index contributed by atoms with van der Waals surface area (Å²) in [5, 5.41) is 3.28. The summed E-state index contributed by atoms with van der Waals surface area (Å²) < 4.78 is 1.75. The third-order valence-electron chi connectivity index (χ3n) is 2.07. The molecule has 2 heterocycles. The first kappa shape index (κ1) is 8.80. The molecule has 0 aliphatic rings. The van der Waals surface area contributed by atoms with Crippen LogP contribution in [0.1, 0.15) is 13.3 Å². The molecule has 0 amide bonds.